The fourth-order valence-corrected chi connectivity index (χ4v) is 2.45. The van der Waals surface area contributed by atoms with Gasteiger partial charge in [-0.2, -0.15) is 13.2 Å². The van der Waals surface area contributed by atoms with E-state index in [0.29, 0.717) is 31.9 Å². The summed E-state index contributed by atoms with van der Waals surface area (Å²) < 4.78 is 38.2. The van der Waals surface area contributed by atoms with Crippen molar-refractivity contribution in [3.63, 3.8) is 0 Å². The van der Waals surface area contributed by atoms with Crippen molar-refractivity contribution in [2.75, 3.05) is 31.1 Å². The number of rotatable bonds is 2. The lowest BCUT2D eigenvalue weighted by atomic mass is 10.0. The van der Waals surface area contributed by atoms with Gasteiger partial charge in [0.25, 0.3) is 0 Å². The van der Waals surface area contributed by atoms with Crippen LogP contribution in [0.3, 0.4) is 0 Å². The topological polar surface area (TPSA) is 49.6 Å². The maximum Gasteiger partial charge on any atom is 0.416 e. The van der Waals surface area contributed by atoms with Crippen LogP contribution in [-0.2, 0) is 11.0 Å². The number of hydrogen-bond donors (Lipinski definition) is 1. The fourth-order valence-electron chi connectivity index (χ4n) is 2.45. The van der Waals surface area contributed by atoms with Crippen molar-refractivity contribution < 1.29 is 18.0 Å². The highest BCUT2D eigenvalue weighted by Gasteiger charge is 2.32. The first-order valence-electron chi connectivity index (χ1n) is 7.09. The monoisotopic (exact) mass is 387 g/mol. The third-order valence-corrected chi connectivity index (χ3v) is 3.66. The average molecular weight is 388 g/mol. The van der Waals surface area contributed by atoms with Gasteiger partial charge in [-0.3, -0.25) is 4.79 Å². The van der Waals surface area contributed by atoms with Crippen LogP contribution in [-0.4, -0.2) is 42.5 Å². The number of nitrogens with zero attached hydrogens (tertiary/aromatic N) is 2. The first-order chi connectivity index (χ1) is 10.1. The Kier molecular flexibility index (Phi) is 7.86. The Bertz CT molecular complexity index is 554. The molecule has 1 fully saturated rings. The Morgan fingerprint density at radius 2 is 1.62 bits per heavy atom. The molecule has 1 amide bonds. The highest BCUT2D eigenvalue weighted by molar-refractivity contribution is 5.86. The van der Waals surface area contributed by atoms with Crippen molar-refractivity contribution in [1.82, 2.24) is 4.90 Å². The van der Waals surface area contributed by atoms with Crippen LogP contribution in [0.2, 0.25) is 0 Å². The van der Waals surface area contributed by atoms with Crippen molar-refractivity contribution in [1.29, 1.82) is 0 Å². The van der Waals surface area contributed by atoms with E-state index < -0.39 is 17.3 Å². The molecule has 0 bridgehead atoms. The quantitative estimate of drug-likeness (QED) is 0.848. The standard InChI is InChI=1S/C15H20F3N3O.2ClH/c1-14(2,19)13(22)21-8-6-20(7-9-21)12-5-3-4-11(10-12)15(16,17)18;;/h3-5,10H,6-9,19H2,1-2H3;2*1H. The minimum absolute atomic E-state index is 0. The minimum atomic E-state index is -4.35. The molecule has 2 rings (SSSR count). The summed E-state index contributed by atoms with van der Waals surface area (Å²) in [5.74, 6) is -0.142. The third kappa shape index (κ3) is 5.43. The molecule has 24 heavy (non-hydrogen) atoms. The zero-order valence-corrected chi connectivity index (χ0v) is 15.1. The van der Waals surface area contributed by atoms with Gasteiger partial charge in [-0.25, -0.2) is 0 Å². The fraction of sp³-hybridized carbons (Fsp3) is 0.533. The molecule has 0 spiro atoms. The van der Waals surface area contributed by atoms with E-state index in [2.05, 4.69) is 0 Å². The Hall–Kier alpha value is -1.18. The summed E-state index contributed by atoms with van der Waals surface area (Å²) in [5, 5.41) is 0. The number of hydrogen-bond acceptors (Lipinski definition) is 3. The largest absolute Gasteiger partial charge is 0.416 e. The molecule has 2 N–H and O–H groups in total. The molecule has 1 saturated heterocycles. The van der Waals surface area contributed by atoms with Gasteiger partial charge in [-0.1, -0.05) is 6.07 Å². The molecule has 0 unspecified atom stereocenters. The summed E-state index contributed by atoms with van der Waals surface area (Å²) in [6.45, 7) is 5.18. The first-order valence-corrected chi connectivity index (χ1v) is 7.09. The summed E-state index contributed by atoms with van der Waals surface area (Å²) in [6.07, 6.45) is -4.35. The van der Waals surface area contributed by atoms with Crippen LogP contribution in [0.1, 0.15) is 19.4 Å². The van der Waals surface area contributed by atoms with E-state index in [1.54, 1.807) is 24.8 Å². The molecule has 0 aliphatic carbocycles. The van der Waals surface area contributed by atoms with Gasteiger partial charge in [0.1, 0.15) is 0 Å². The lowest BCUT2D eigenvalue weighted by molar-refractivity contribution is -0.137. The molecule has 9 heteroatoms. The summed E-state index contributed by atoms with van der Waals surface area (Å²) in [7, 11) is 0. The maximum absolute atomic E-state index is 12.7. The van der Waals surface area contributed by atoms with Gasteiger partial charge in [0.2, 0.25) is 5.91 Å². The number of anilines is 1. The lowest BCUT2D eigenvalue weighted by Gasteiger charge is -2.38. The van der Waals surface area contributed by atoms with Crippen LogP contribution in [0.15, 0.2) is 24.3 Å². The molecule has 1 aromatic carbocycles. The normalized spacial score (nSPS) is 15.4. The van der Waals surface area contributed by atoms with E-state index in [0.717, 1.165) is 12.1 Å². The SMILES string of the molecule is CC(C)(N)C(=O)N1CCN(c2cccc(C(F)(F)F)c2)CC1.Cl.Cl. The number of piperazine rings is 1. The van der Waals surface area contributed by atoms with E-state index in [-0.39, 0.29) is 30.7 Å². The Balaban J connectivity index is 0.00000264. The zero-order chi connectivity index (χ0) is 16.5. The summed E-state index contributed by atoms with van der Waals surface area (Å²) >= 11 is 0. The van der Waals surface area contributed by atoms with Crippen LogP contribution < -0.4 is 10.6 Å². The number of alkyl halides is 3. The lowest BCUT2D eigenvalue weighted by Crippen LogP contribution is -2.57. The van der Waals surface area contributed by atoms with Crippen molar-refractivity contribution in [2.45, 2.75) is 25.6 Å². The second-order valence-electron chi connectivity index (χ2n) is 6.05. The number of benzene rings is 1. The van der Waals surface area contributed by atoms with Crippen LogP contribution in [0.5, 0.6) is 0 Å². The molecular formula is C15H22Cl2F3N3O. The second kappa shape index (κ2) is 8.27. The number of carbonyl (C=O) groups is 1. The molecular weight excluding hydrogens is 366 g/mol. The first kappa shape index (κ1) is 22.8. The molecule has 1 aliphatic heterocycles. The van der Waals surface area contributed by atoms with Crippen LogP contribution >= 0.6 is 24.8 Å². The Morgan fingerprint density at radius 1 is 1.08 bits per heavy atom. The van der Waals surface area contributed by atoms with Gasteiger partial charge < -0.3 is 15.5 Å². The smallest absolute Gasteiger partial charge is 0.368 e. The molecule has 4 nitrogen and oxygen atoms in total. The number of nitrogens with two attached hydrogens (primary N) is 1. The highest BCUT2D eigenvalue weighted by Crippen LogP contribution is 2.31. The van der Waals surface area contributed by atoms with E-state index >= 15 is 0 Å². The van der Waals surface area contributed by atoms with E-state index in [1.807, 2.05) is 4.90 Å². The summed E-state index contributed by atoms with van der Waals surface area (Å²) in [5.41, 5.74) is 4.72. The molecule has 0 aromatic heterocycles. The van der Waals surface area contributed by atoms with Gasteiger partial charge in [-0.15, -0.1) is 24.8 Å². The molecule has 0 atom stereocenters. The van der Waals surface area contributed by atoms with Gasteiger partial charge in [0.05, 0.1) is 11.1 Å². The van der Waals surface area contributed by atoms with E-state index in [4.69, 9.17) is 5.73 Å². The van der Waals surface area contributed by atoms with Gasteiger partial charge >= 0.3 is 6.18 Å². The summed E-state index contributed by atoms with van der Waals surface area (Å²) in [6, 6.07) is 5.25. The van der Waals surface area contributed by atoms with Crippen LogP contribution in [0, 0.1) is 0 Å². The van der Waals surface area contributed by atoms with Crippen molar-refractivity contribution in [3.8, 4) is 0 Å². The molecule has 0 radical (unpaired) electrons. The van der Waals surface area contributed by atoms with Crippen molar-refractivity contribution >= 4 is 36.4 Å². The third-order valence-electron chi connectivity index (χ3n) is 3.66. The molecule has 0 saturated carbocycles. The Morgan fingerprint density at radius 3 is 2.08 bits per heavy atom. The average Bonchev–Trinajstić information content (AvgIpc) is 2.45. The minimum Gasteiger partial charge on any atom is -0.368 e. The molecule has 1 aromatic rings. The predicted molar refractivity (Wildman–Crippen MR) is 93.0 cm³/mol. The summed E-state index contributed by atoms with van der Waals surface area (Å²) in [4.78, 5) is 15.6. The maximum atomic E-state index is 12.7. The second-order valence-corrected chi connectivity index (χ2v) is 6.05. The van der Waals surface area contributed by atoms with E-state index in [9.17, 15) is 18.0 Å². The number of halogens is 5. The van der Waals surface area contributed by atoms with Crippen LogP contribution in [0.4, 0.5) is 18.9 Å². The highest BCUT2D eigenvalue weighted by atomic mass is 35.5. The molecule has 138 valence electrons. The Labute approximate surface area is 152 Å². The zero-order valence-electron chi connectivity index (χ0n) is 13.5. The predicted octanol–water partition coefficient (Wildman–Crippen LogP) is 2.93. The molecule has 1 heterocycles. The van der Waals surface area contributed by atoms with Gasteiger partial charge in [0, 0.05) is 31.9 Å². The van der Waals surface area contributed by atoms with Gasteiger partial charge in [0.15, 0.2) is 0 Å². The van der Waals surface area contributed by atoms with Crippen LogP contribution in [0.25, 0.3) is 0 Å². The van der Waals surface area contributed by atoms with Crippen molar-refractivity contribution in [3.05, 3.63) is 29.8 Å². The van der Waals surface area contributed by atoms with E-state index in [1.165, 1.54) is 6.07 Å². The molecule has 1 aliphatic rings. The number of amides is 1. The van der Waals surface area contributed by atoms with Crippen molar-refractivity contribution in [2.24, 2.45) is 5.73 Å². The number of carbonyl (C=O) groups excluding carboxylic acids is 1. The van der Waals surface area contributed by atoms with Gasteiger partial charge in [-0.05, 0) is 32.0 Å².